The number of ether oxygens (including phenoxy) is 1. The topological polar surface area (TPSA) is 67.4 Å². The Morgan fingerprint density at radius 2 is 1.83 bits per heavy atom. The largest absolute Gasteiger partial charge is 0.481 e. The smallest absolute Gasteiger partial charge is 0.265 e. The molecule has 7 heteroatoms. The van der Waals surface area contributed by atoms with E-state index in [2.05, 4.69) is 10.6 Å². The van der Waals surface area contributed by atoms with Gasteiger partial charge in [0.2, 0.25) is 5.91 Å². The van der Waals surface area contributed by atoms with Gasteiger partial charge in [0.1, 0.15) is 5.75 Å². The van der Waals surface area contributed by atoms with Gasteiger partial charge in [0.05, 0.1) is 10.7 Å². The molecule has 2 rings (SSSR count). The fraction of sp³-hybridized carbons (Fsp3) is 0.176. The molecule has 0 unspecified atom stereocenters. The predicted molar refractivity (Wildman–Crippen MR) is 95.9 cm³/mol. The van der Waals surface area contributed by atoms with Crippen LogP contribution in [-0.2, 0) is 9.59 Å². The van der Waals surface area contributed by atoms with Crippen molar-refractivity contribution in [3.63, 3.8) is 0 Å². The minimum absolute atomic E-state index is 0.185. The van der Waals surface area contributed by atoms with Crippen LogP contribution in [0, 0.1) is 0 Å². The average molecular weight is 367 g/mol. The highest BCUT2D eigenvalue weighted by molar-refractivity contribution is 6.36. The van der Waals surface area contributed by atoms with E-state index in [0.29, 0.717) is 27.2 Å². The number of carbonyl (C=O) groups is 2. The van der Waals surface area contributed by atoms with Crippen molar-refractivity contribution in [2.24, 2.45) is 0 Å². The zero-order chi connectivity index (χ0) is 17.7. The summed E-state index contributed by atoms with van der Waals surface area (Å²) in [5, 5.41) is 6.16. The van der Waals surface area contributed by atoms with Gasteiger partial charge in [-0.05, 0) is 37.3 Å². The minimum atomic E-state index is -0.760. The number of hydrogen-bond donors (Lipinski definition) is 2. The molecule has 0 aliphatic carbocycles. The molecule has 0 fully saturated rings. The maximum Gasteiger partial charge on any atom is 0.265 e. The van der Waals surface area contributed by atoms with E-state index in [4.69, 9.17) is 27.9 Å². The van der Waals surface area contributed by atoms with E-state index in [0.717, 1.165) is 0 Å². The number of carbonyl (C=O) groups excluding carboxylic acids is 2. The first kappa shape index (κ1) is 18.1. The molecule has 0 saturated heterocycles. The number of hydrogen-bond acceptors (Lipinski definition) is 3. The van der Waals surface area contributed by atoms with Gasteiger partial charge in [-0.2, -0.15) is 0 Å². The first-order valence-corrected chi connectivity index (χ1v) is 7.91. The van der Waals surface area contributed by atoms with E-state index in [-0.39, 0.29) is 11.8 Å². The van der Waals surface area contributed by atoms with Gasteiger partial charge < -0.3 is 15.4 Å². The van der Waals surface area contributed by atoms with E-state index >= 15 is 0 Å². The molecule has 5 nitrogen and oxygen atoms in total. The lowest BCUT2D eigenvalue weighted by molar-refractivity contribution is -0.122. The summed E-state index contributed by atoms with van der Waals surface area (Å²) in [5.41, 5.74) is 1.04. The average Bonchev–Trinajstić information content (AvgIpc) is 2.49. The molecule has 126 valence electrons. The van der Waals surface area contributed by atoms with Crippen molar-refractivity contribution in [3.05, 3.63) is 52.5 Å². The number of anilines is 2. The van der Waals surface area contributed by atoms with Crippen molar-refractivity contribution in [3.8, 4) is 5.75 Å². The van der Waals surface area contributed by atoms with Crippen molar-refractivity contribution in [1.82, 2.24) is 0 Å². The van der Waals surface area contributed by atoms with Gasteiger partial charge in [-0.3, -0.25) is 9.59 Å². The van der Waals surface area contributed by atoms with Gasteiger partial charge in [-0.25, -0.2) is 0 Å². The molecule has 24 heavy (non-hydrogen) atoms. The van der Waals surface area contributed by atoms with Gasteiger partial charge >= 0.3 is 0 Å². The van der Waals surface area contributed by atoms with Crippen molar-refractivity contribution >= 4 is 46.4 Å². The van der Waals surface area contributed by atoms with Crippen LogP contribution in [0.3, 0.4) is 0 Å². The molecule has 2 aromatic rings. The molecule has 0 aliphatic rings. The zero-order valence-electron chi connectivity index (χ0n) is 13.1. The fourth-order valence-corrected chi connectivity index (χ4v) is 2.39. The van der Waals surface area contributed by atoms with E-state index < -0.39 is 6.10 Å². The third-order valence-corrected chi connectivity index (χ3v) is 3.57. The molecule has 0 saturated carbocycles. The van der Waals surface area contributed by atoms with Crippen molar-refractivity contribution in [2.75, 3.05) is 10.6 Å². The normalized spacial score (nSPS) is 11.5. The Kier molecular flexibility index (Phi) is 6.06. The zero-order valence-corrected chi connectivity index (χ0v) is 14.6. The number of nitrogens with one attached hydrogen (secondary N) is 2. The highest BCUT2D eigenvalue weighted by atomic mass is 35.5. The monoisotopic (exact) mass is 366 g/mol. The SMILES string of the molecule is CC(=O)Nc1cccc(O[C@H](C)C(=O)Nc2ccc(Cl)cc2Cl)c1. The summed E-state index contributed by atoms with van der Waals surface area (Å²) in [4.78, 5) is 23.3. The molecular weight excluding hydrogens is 351 g/mol. The summed E-state index contributed by atoms with van der Waals surface area (Å²) in [6.45, 7) is 3.03. The van der Waals surface area contributed by atoms with Crippen molar-refractivity contribution in [2.45, 2.75) is 20.0 Å². The minimum Gasteiger partial charge on any atom is -0.481 e. The summed E-state index contributed by atoms with van der Waals surface area (Å²) in [6.07, 6.45) is -0.760. The molecule has 0 aliphatic heterocycles. The Labute approximate surface area is 149 Å². The van der Waals surface area contributed by atoms with Crippen LogP contribution in [0.4, 0.5) is 11.4 Å². The van der Waals surface area contributed by atoms with Crippen LogP contribution in [0.25, 0.3) is 0 Å². The second kappa shape index (κ2) is 8.04. The van der Waals surface area contributed by atoms with Crippen LogP contribution in [0.2, 0.25) is 10.0 Å². The van der Waals surface area contributed by atoms with Crippen LogP contribution in [0.5, 0.6) is 5.75 Å². The lowest BCUT2D eigenvalue weighted by Gasteiger charge is -2.16. The van der Waals surface area contributed by atoms with E-state index in [9.17, 15) is 9.59 Å². The Bertz CT molecular complexity index is 765. The first-order chi connectivity index (χ1) is 11.3. The van der Waals surface area contributed by atoms with Crippen molar-refractivity contribution < 1.29 is 14.3 Å². The highest BCUT2D eigenvalue weighted by Crippen LogP contribution is 2.26. The van der Waals surface area contributed by atoms with E-state index in [1.165, 1.54) is 6.92 Å². The number of benzene rings is 2. The van der Waals surface area contributed by atoms with Gasteiger partial charge in [0.25, 0.3) is 5.91 Å². The summed E-state index contributed by atoms with van der Waals surface area (Å²) < 4.78 is 5.60. The second-order valence-corrected chi connectivity index (χ2v) is 5.93. The molecular formula is C17H16Cl2N2O3. The van der Waals surface area contributed by atoms with Crippen molar-refractivity contribution in [1.29, 1.82) is 0 Å². The van der Waals surface area contributed by atoms with Gasteiger partial charge in [-0.1, -0.05) is 29.3 Å². The Balaban J connectivity index is 2.02. The van der Waals surface area contributed by atoms with E-state index in [1.807, 2.05) is 0 Å². The van der Waals surface area contributed by atoms with E-state index in [1.54, 1.807) is 49.4 Å². The molecule has 1 atom stereocenters. The van der Waals surface area contributed by atoms with Crippen LogP contribution in [0.15, 0.2) is 42.5 Å². The molecule has 2 amide bonds. The van der Waals surface area contributed by atoms with Crippen LogP contribution in [-0.4, -0.2) is 17.9 Å². The summed E-state index contributed by atoms with van der Waals surface area (Å²) >= 11 is 11.8. The third-order valence-electron chi connectivity index (χ3n) is 3.03. The molecule has 0 aromatic heterocycles. The highest BCUT2D eigenvalue weighted by Gasteiger charge is 2.16. The summed E-state index contributed by atoms with van der Waals surface area (Å²) in [5.74, 6) is -0.0782. The fourth-order valence-electron chi connectivity index (χ4n) is 1.93. The number of rotatable bonds is 5. The first-order valence-electron chi connectivity index (χ1n) is 7.15. The molecule has 0 radical (unpaired) electrons. The molecule has 2 N–H and O–H groups in total. The maximum absolute atomic E-state index is 12.2. The molecule has 0 heterocycles. The maximum atomic E-state index is 12.2. The van der Waals surface area contributed by atoms with Crippen LogP contribution >= 0.6 is 23.2 Å². The lowest BCUT2D eigenvalue weighted by Crippen LogP contribution is -2.30. The summed E-state index contributed by atoms with van der Waals surface area (Å²) in [7, 11) is 0. The van der Waals surface area contributed by atoms with Gasteiger partial charge in [-0.15, -0.1) is 0 Å². The Morgan fingerprint density at radius 3 is 2.50 bits per heavy atom. The summed E-state index contributed by atoms with van der Waals surface area (Å²) in [6, 6.07) is 11.6. The second-order valence-electron chi connectivity index (χ2n) is 5.08. The van der Waals surface area contributed by atoms with Crippen LogP contribution < -0.4 is 15.4 Å². The van der Waals surface area contributed by atoms with Gasteiger partial charge in [0, 0.05) is 23.7 Å². The van der Waals surface area contributed by atoms with Gasteiger partial charge in [0.15, 0.2) is 6.10 Å². The third kappa shape index (κ3) is 5.15. The number of amides is 2. The lowest BCUT2D eigenvalue weighted by atomic mass is 10.2. The Hall–Kier alpha value is -2.24. The quantitative estimate of drug-likeness (QED) is 0.825. The molecule has 0 spiro atoms. The molecule has 2 aromatic carbocycles. The Morgan fingerprint density at radius 1 is 1.08 bits per heavy atom. The standard InChI is InChI=1S/C17H16Cl2N2O3/c1-10(17(23)21-16-7-6-12(18)8-15(16)19)24-14-5-3-4-13(9-14)20-11(2)22/h3-10H,1-2H3,(H,20,22)(H,21,23)/t10-/m1/s1. The number of halogens is 2. The predicted octanol–water partition coefficient (Wildman–Crippen LogP) is 4.36. The molecule has 0 bridgehead atoms. The van der Waals surface area contributed by atoms with Crippen LogP contribution in [0.1, 0.15) is 13.8 Å².